The molecule has 0 aromatic carbocycles. The van der Waals surface area contributed by atoms with E-state index in [-0.39, 0.29) is 17.9 Å². The molecule has 1 aliphatic heterocycles. The van der Waals surface area contributed by atoms with Gasteiger partial charge in [-0.25, -0.2) is 0 Å². The quantitative estimate of drug-likeness (QED) is 0.820. The molecule has 1 saturated heterocycles. The summed E-state index contributed by atoms with van der Waals surface area (Å²) in [5, 5.41) is 0. The van der Waals surface area contributed by atoms with Crippen molar-refractivity contribution in [3.05, 3.63) is 0 Å². The Morgan fingerprint density at radius 1 is 1.28 bits per heavy atom. The van der Waals surface area contributed by atoms with Crippen LogP contribution >= 0.6 is 0 Å². The summed E-state index contributed by atoms with van der Waals surface area (Å²) in [6, 6.07) is 0.0760. The van der Waals surface area contributed by atoms with Crippen molar-refractivity contribution in [1.29, 1.82) is 0 Å². The molecule has 2 N–H and O–H groups in total. The van der Waals surface area contributed by atoms with Crippen molar-refractivity contribution in [3.8, 4) is 0 Å². The van der Waals surface area contributed by atoms with Gasteiger partial charge in [-0.2, -0.15) is 0 Å². The number of nitrogens with two attached hydrogens (primary N) is 1. The van der Waals surface area contributed by atoms with Crippen LogP contribution in [-0.2, 0) is 4.79 Å². The van der Waals surface area contributed by atoms with Crippen LogP contribution in [0.4, 0.5) is 0 Å². The van der Waals surface area contributed by atoms with Crippen molar-refractivity contribution in [2.24, 2.45) is 22.5 Å². The van der Waals surface area contributed by atoms with Crippen LogP contribution in [-0.4, -0.2) is 29.4 Å². The average molecular weight is 252 g/mol. The molecule has 1 aliphatic carbocycles. The highest BCUT2D eigenvalue weighted by Gasteiger charge is 2.51. The van der Waals surface area contributed by atoms with E-state index in [9.17, 15) is 4.79 Å². The molecule has 1 heterocycles. The summed E-state index contributed by atoms with van der Waals surface area (Å²) >= 11 is 0. The number of amides is 1. The van der Waals surface area contributed by atoms with E-state index >= 15 is 0 Å². The van der Waals surface area contributed by atoms with E-state index in [0.29, 0.717) is 16.9 Å². The molecular formula is C15H28N2O. The van der Waals surface area contributed by atoms with Gasteiger partial charge in [-0.3, -0.25) is 4.79 Å². The summed E-state index contributed by atoms with van der Waals surface area (Å²) < 4.78 is 0. The molecule has 104 valence electrons. The maximum Gasteiger partial charge on any atom is 0.240 e. The second-order valence-electron chi connectivity index (χ2n) is 7.95. The van der Waals surface area contributed by atoms with E-state index in [1.807, 2.05) is 13.8 Å². The number of nitrogens with zero attached hydrogens (tertiary/aromatic N) is 1. The largest absolute Gasteiger partial charge is 0.338 e. The maximum absolute atomic E-state index is 12.5. The van der Waals surface area contributed by atoms with Crippen molar-refractivity contribution in [1.82, 2.24) is 4.90 Å². The molecule has 2 bridgehead atoms. The van der Waals surface area contributed by atoms with Crippen molar-refractivity contribution < 1.29 is 4.79 Å². The summed E-state index contributed by atoms with van der Waals surface area (Å²) in [6.45, 7) is 11.9. The Bertz CT molecular complexity index is 350. The lowest BCUT2D eigenvalue weighted by Gasteiger charge is -2.39. The molecule has 0 aromatic heterocycles. The van der Waals surface area contributed by atoms with Gasteiger partial charge < -0.3 is 10.6 Å². The summed E-state index contributed by atoms with van der Waals surface area (Å²) in [5.41, 5.74) is 6.70. The normalized spacial score (nSPS) is 35.9. The smallest absolute Gasteiger partial charge is 0.240 e. The number of fused-ring (bicyclic) bond motifs is 2. The van der Waals surface area contributed by atoms with Crippen LogP contribution in [0, 0.1) is 16.7 Å². The number of carbonyl (C=O) groups excluding carboxylic acids is 1. The third-order valence-electron chi connectivity index (χ3n) is 4.70. The molecule has 3 unspecified atom stereocenters. The number of rotatable bonds is 2. The topological polar surface area (TPSA) is 46.3 Å². The van der Waals surface area contributed by atoms with Crippen LogP contribution in [0.1, 0.15) is 53.9 Å². The predicted octanol–water partition coefficient (Wildman–Crippen LogP) is 2.40. The van der Waals surface area contributed by atoms with Crippen molar-refractivity contribution in [2.45, 2.75) is 66.0 Å². The Kier molecular flexibility index (Phi) is 3.25. The summed E-state index contributed by atoms with van der Waals surface area (Å²) in [5.74, 6) is 0.384. The second kappa shape index (κ2) is 4.22. The average Bonchev–Trinajstić information content (AvgIpc) is 2.45. The summed E-state index contributed by atoms with van der Waals surface area (Å²) in [4.78, 5) is 14.6. The maximum atomic E-state index is 12.5. The van der Waals surface area contributed by atoms with Gasteiger partial charge in [0, 0.05) is 12.6 Å². The van der Waals surface area contributed by atoms with Crippen LogP contribution in [0.2, 0.25) is 0 Å². The van der Waals surface area contributed by atoms with Gasteiger partial charge in [-0.1, -0.05) is 34.6 Å². The zero-order valence-electron chi connectivity index (χ0n) is 12.5. The van der Waals surface area contributed by atoms with Gasteiger partial charge in [0.1, 0.15) is 0 Å². The molecule has 2 fully saturated rings. The van der Waals surface area contributed by atoms with Gasteiger partial charge in [0.2, 0.25) is 5.91 Å². The standard InChI is InChI=1S/C15H28N2O/c1-10(2)12(16)13(18)17-9-15(5)7-11(17)6-14(3,4)8-15/h10-12H,6-9,16H2,1-5H3. The van der Waals surface area contributed by atoms with Crippen LogP contribution in [0.3, 0.4) is 0 Å². The Morgan fingerprint density at radius 2 is 1.89 bits per heavy atom. The van der Waals surface area contributed by atoms with E-state index < -0.39 is 0 Å². The van der Waals surface area contributed by atoms with Crippen molar-refractivity contribution in [3.63, 3.8) is 0 Å². The number of carbonyl (C=O) groups is 1. The van der Waals surface area contributed by atoms with Crippen LogP contribution in [0.25, 0.3) is 0 Å². The van der Waals surface area contributed by atoms with Crippen molar-refractivity contribution >= 4 is 5.91 Å². The fraction of sp³-hybridized carbons (Fsp3) is 0.933. The molecule has 1 saturated carbocycles. The van der Waals surface area contributed by atoms with Crippen LogP contribution in [0.5, 0.6) is 0 Å². The number of hydrogen-bond acceptors (Lipinski definition) is 2. The highest BCUT2D eigenvalue weighted by molar-refractivity contribution is 5.82. The lowest BCUT2D eigenvalue weighted by molar-refractivity contribution is -0.134. The first-order valence-electron chi connectivity index (χ1n) is 7.20. The van der Waals surface area contributed by atoms with Gasteiger partial charge in [0.25, 0.3) is 0 Å². The van der Waals surface area contributed by atoms with Crippen LogP contribution < -0.4 is 5.73 Å². The molecular weight excluding hydrogens is 224 g/mol. The highest BCUT2D eigenvalue weighted by Crippen LogP contribution is 2.52. The molecule has 0 spiro atoms. The molecule has 3 heteroatoms. The lowest BCUT2D eigenvalue weighted by atomic mass is 9.65. The van der Waals surface area contributed by atoms with E-state index in [2.05, 4.69) is 25.7 Å². The lowest BCUT2D eigenvalue weighted by Crippen LogP contribution is -2.48. The first kappa shape index (κ1) is 13.9. The Hall–Kier alpha value is -0.570. The van der Waals surface area contributed by atoms with Gasteiger partial charge >= 0.3 is 0 Å². The minimum absolute atomic E-state index is 0.163. The fourth-order valence-corrected chi connectivity index (χ4v) is 4.19. The number of likely N-dealkylation sites (tertiary alicyclic amines) is 1. The Morgan fingerprint density at radius 3 is 2.44 bits per heavy atom. The summed E-state index contributed by atoms with van der Waals surface area (Å²) in [7, 11) is 0. The minimum atomic E-state index is -0.337. The summed E-state index contributed by atoms with van der Waals surface area (Å²) in [6.07, 6.45) is 3.50. The Labute approximate surface area is 111 Å². The molecule has 1 amide bonds. The zero-order valence-corrected chi connectivity index (χ0v) is 12.5. The van der Waals surface area contributed by atoms with E-state index in [1.54, 1.807) is 0 Å². The molecule has 0 radical (unpaired) electrons. The third-order valence-corrected chi connectivity index (χ3v) is 4.70. The fourth-order valence-electron chi connectivity index (χ4n) is 4.19. The zero-order chi connectivity index (χ0) is 13.7. The molecule has 18 heavy (non-hydrogen) atoms. The van der Waals surface area contributed by atoms with E-state index in [4.69, 9.17) is 5.73 Å². The van der Waals surface area contributed by atoms with Crippen molar-refractivity contribution in [2.75, 3.05) is 6.54 Å². The van der Waals surface area contributed by atoms with Crippen LogP contribution in [0.15, 0.2) is 0 Å². The van der Waals surface area contributed by atoms with Gasteiger partial charge in [0.15, 0.2) is 0 Å². The Balaban J connectivity index is 2.16. The van der Waals surface area contributed by atoms with Gasteiger partial charge in [-0.05, 0) is 36.0 Å². The van der Waals surface area contributed by atoms with Gasteiger partial charge in [-0.15, -0.1) is 0 Å². The molecule has 3 atom stereocenters. The molecule has 2 rings (SSSR count). The first-order valence-corrected chi connectivity index (χ1v) is 7.20. The number of hydrogen-bond donors (Lipinski definition) is 1. The predicted molar refractivity (Wildman–Crippen MR) is 74.1 cm³/mol. The third kappa shape index (κ3) is 2.42. The second-order valence-corrected chi connectivity index (χ2v) is 7.95. The first-order chi connectivity index (χ1) is 8.14. The van der Waals surface area contributed by atoms with Gasteiger partial charge in [0.05, 0.1) is 6.04 Å². The monoisotopic (exact) mass is 252 g/mol. The SMILES string of the molecule is CC(C)C(N)C(=O)N1CC2(C)CC1CC(C)(C)C2. The minimum Gasteiger partial charge on any atom is -0.338 e. The highest BCUT2D eigenvalue weighted by atomic mass is 16.2. The van der Waals surface area contributed by atoms with E-state index in [1.165, 1.54) is 6.42 Å². The molecule has 0 aromatic rings. The van der Waals surface area contributed by atoms with E-state index in [0.717, 1.165) is 19.4 Å². The molecule has 2 aliphatic rings. The molecule has 3 nitrogen and oxygen atoms in total.